The van der Waals surface area contributed by atoms with E-state index in [1.807, 2.05) is 0 Å². The number of methoxy groups -OCH3 is 1. The van der Waals surface area contributed by atoms with Crippen LogP contribution in [0.4, 0.5) is 18.0 Å². The molecule has 0 aliphatic rings. The molecule has 0 amide bonds. The van der Waals surface area contributed by atoms with Gasteiger partial charge in [0.25, 0.3) is 0 Å². The van der Waals surface area contributed by atoms with E-state index in [2.05, 4.69) is 19.7 Å². The molecule has 34 heavy (non-hydrogen) atoms. The molecule has 2 atom stereocenters. The molecule has 2 aromatic heterocycles. The largest absolute Gasteiger partial charge is 0.514 e. The predicted octanol–water partition coefficient (Wildman–Crippen LogP) is 5.67. The average molecular weight is 518 g/mol. The summed E-state index contributed by atoms with van der Waals surface area (Å²) >= 11 is 12.0. The van der Waals surface area contributed by atoms with E-state index < -0.39 is 29.4 Å². The summed E-state index contributed by atoms with van der Waals surface area (Å²) in [6.07, 6.45) is -2.80. The molecule has 0 bridgehead atoms. The standard InChI is InChI=1S/C21H16Cl2F3N3O5/c1-11(20(31,21(24,25)26)12-5-6-27-16(23)7-12)14-8-13(3-4-15(14)22)33-17-9-29-18(10-28-17)34-19(30)32-2/h3-11,31H,1-2H3. The number of hydrogen-bond donors (Lipinski definition) is 1. The van der Waals surface area contributed by atoms with Crippen molar-refractivity contribution >= 4 is 29.4 Å². The Hall–Kier alpha value is -3.15. The Labute approximate surface area is 201 Å². The highest BCUT2D eigenvalue weighted by atomic mass is 35.5. The number of hydrogen-bond acceptors (Lipinski definition) is 8. The van der Waals surface area contributed by atoms with Gasteiger partial charge in [-0.2, -0.15) is 13.2 Å². The molecule has 3 aromatic rings. The third-order valence-corrected chi connectivity index (χ3v) is 5.39. The lowest BCUT2D eigenvalue weighted by molar-refractivity contribution is -0.274. The van der Waals surface area contributed by atoms with Crippen LogP contribution in [0.15, 0.2) is 48.9 Å². The van der Waals surface area contributed by atoms with Crippen LogP contribution in [0.5, 0.6) is 17.5 Å². The molecule has 0 spiro atoms. The number of ether oxygens (including phenoxy) is 3. The number of alkyl halides is 3. The van der Waals surface area contributed by atoms with Gasteiger partial charge in [0.2, 0.25) is 11.8 Å². The topological polar surface area (TPSA) is 104 Å². The molecule has 1 aromatic carbocycles. The van der Waals surface area contributed by atoms with E-state index >= 15 is 0 Å². The van der Waals surface area contributed by atoms with Crippen molar-refractivity contribution in [1.82, 2.24) is 15.0 Å². The van der Waals surface area contributed by atoms with Gasteiger partial charge in [0.05, 0.1) is 19.5 Å². The average Bonchev–Trinajstić information content (AvgIpc) is 2.79. The van der Waals surface area contributed by atoms with Crippen LogP contribution in [0.1, 0.15) is 24.0 Å². The molecule has 0 radical (unpaired) electrons. The zero-order valence-corrected chi connectivity index (χ0v) is 19.0. The molecular weight excluding hydrogens is 502 g/mol. The van der Waals surface area contributed by atoms with E-state index in [-0.39, 0.29) is 33.2 Å². The number of benzene rings is 1. The van der Waals surface area contributed by atoms with Gasteiger partial charge in [0.15, 0.2) is 5.60 Å². The molecule has 0 saturated carbocycles. The van der Waals surface area contributed by atoms with Gasteiger partial charge in [-0.15, -0.1) is 0 Å². The van der Waals surface area contributed by atoms with E-state index in [1.165, 1.54) is 25.1 Å². The molecule has 0 aliphatic heterocycles. The number of halogens is 5. The summed E-state index contributed by atoms with van der Waals surface area (Å²) in [5.74, 6) is -1.72. The van der Waals surface area contributed by atoms with E-state index in [4.69, 9.17) is 32.7 Å². The maximum Gasteiger partial charge on any atom is 0.514 e. The second-order valence-corrected chi connectivity index (χ2v) is 7.68. The Bertz CT molecular complexity index is 1180. The van der Waals surface area contributed by atoms with Crippen molar-refractivity contribution in [3.8, 4) is 17.5 Å². The van der Waals surface area contributed by atoms with E-state index in [0.29, 0.717) is 0 Å². The van der Waals surface area contributed by atoms with Gasteiger partial charge in [0.1, 0.15) is 10.9 Å². The monoisotopic (exact) mass is 517 g/mol. The van der Waals surface area contributed by atoms with Gasteiger partial charge < -0.3 is 19.3 Å². The lowest BCUT2D eigenvalue weighted by Crippen LogP contribution is -2.46. The zero-order valence-electron chi connectivity index (χ0n) is 17.5. The van der Waals surface area contributed by atoms with Crippen molar-refractivity contribution in [3.05, 3.63) is 70.2 Å². The van der Waals surface area contributed by atoms with Crippen LogP contribution in [0, 0.1) is 0 Å². The van der Waals surface area contributed by atoms with Crippen LogP contribution in [0.2, 0.25) is 10.2 Å². The van der Waals surface area contributed by atoms with Gasteiger partial charge in [0, 0.05) is 17.1 Å². The third-order valence-electron chi connectivity index (χ3n) is 4.84. The molecule has 180 valence electrons. The molecule has 2 heterocycles. The number of carbonyl (C=O) groups excluding carboxylic acids is 1. The van der Waals surface area contributed by atoms with Crippen molar-refractivity contribution in [2.45, 2.75) is 24.6 Å². The van der Waals surface area contributed by atoms with Gasteiger partial charge >= 0.3 is 12.3 Å². The van der Waals surface area contributed by atoms with Crippen molar-refractivity contribution in [2.75, 3.05) is 7.11 Å². The fourth-order valence-electron chi connectivity index (χ4n) is 3.10. The molecule has 8 nitrogen and oxygen atoms in total. The summed E-state index contributed by atoms with van der Waals surface area (Å²) in [5.41, 5.74) is -3.89. The van der Waals surface area contributed by atoms with Crippen molar-refractivity contribution in [3.63, 3.8) is 0 Å². The summed E-state index contributed by atoms with van der Waals surface area (Å²) in [7, 11) is 1.12. The highest BCUT2D eigenvalue weighted by Gasteiger charge is 2.59. The molecule has 0 saturated heterocycles. The Morgan fingerprint density at radius 3 is 2.32 bits per heavy atom. The van der Waals surface area contributed by atoms with Crippen molar-refractivity contribution in [2.24, 2.45) is 0 Å². The lowest BCUT2D eigenvalue weighted by atomic mass is 9.78. The molecule has 13 heteroatoms. The summed E-state index contributed by atoms with van der Waals surface area (Å²) in [6, 6.07) is 5.92. The predicted molar refractivity (Wildman–Crippen MR) is 114 cm³/mol. The molecule has 1 N–H and O–H groups in total. The summed E-state index contributed by atoms with van der Waals surface area (Å²) in [4.78, 5) is 22.5. The highest BCUT2D eigenvalue weighted by molar-refractivity contribution is 6.31. The molecule has 2 unspecified atom stereocenters. The fraction of sp³-hybridized carbons (Fsp3) is 0.238. The van der Waals surface area contributed by atoms with E-state index in [9.17, 15) is 23.1 Å². The summed E-state index contributed by atoms with van der Waals surface area (Å²) in [6.45, 7) is 1.17. The first kappa shape index (κ1) is 25.5. The quantitative estimate of drug-likeness (QED) is 0.329. The Morgan fingerprint density at radius 1 is 1.06 bits per heavy atom. The number of nitrogens with zero attached hydrogens (tertiary/aromatic N) is 3. The number of aromatic nitrogens is 3. The number of rotatable bonds is 6. The normalized spacial score (nSPS) is 14.1. The van der Waals surface area contributed by atoms with Gasteiger partial charge in [-0.1, -0.05) is 30.1 Å². The smallest absolute Gasteiger partial charge is 0.437 e. The summed E-state index contributed by atoms with van der Waals surface area (Å²) < 4.78 is 57.0. The first-order valence-corrected chi connectivity index (χ1v) is 10.2. The number of aliphatic hydroxyl groups is 1. The van der Waals surface area contributed by atoms with Crippen LogP contribution < -0.4 is 9.47 Å². The summed E-state index contributed by atoms with van der Waals surface area (Å²) in [5, 5.41) is 10.7. The number of carbonyl (C=O) groups is 1. The second kappa shape index (κ2) is 10.00. The van der Waals surface area contributed by atoms with E-state index in [1.54, 1.807) is 0 Å². The van der Waals surface area contributed by atoms with Crippen LogP contribution in [0.25, 0.3) is 0 Å². The second-order valence-electron chi connectivity index (χ2n) is 6.89. The minimum absolute atomic E-state index is 0.0319. The van der Waals surface area contributed by atoms with Crippen LogP contribution in [-0.2, 0) is 10.3 Å². The van der Waals surface area contributed by atoms with Gasteiger partial charge in [-0.25, -0.2) is 19.7 Å². The van der Waals surface area contributed by atoms with Crippen molar-refractivity contribution < 1.29 is 37.3 Å². The van der Waals surface area contributed by atoms with Gasteiger partial charge in [-0.3, -0.25) is 0 Å². The molecule has 0 aliphatic carbocycles. The first-order chi connectivity index (χ1) is 16.0. The first-order valence-electron chi connectivity index (χ1n) is 9.42. The van der Waals surface area contributed by atoms with Crippen LogP contribution in [-0.4, -0.2) is 39.5 Å². The Kier molecular flexibility index (Phi) is 7.49. The van der Waals surface area contributed by atoms with Gasteiger partial charge in [-0.05, 0) is 41.5 Å². The SMILES string of the molecule is COC(=O)Oc1cnc(Oc2ccc(Cl)c(C(C)C(O)(c3ccnc(Cl)c3)C(F)(F)F)c2)cn1. The number of pyridine rings is 1. The van der Waals surface area contributed by atoms with Crippen LogP contribution >= 0.6 is 23.2 Å². The Morgan fingerprint density at radius 2 is 1.74 bits per heavy atom. The van der Waals surface area contributed by atoms with Crippen LogP contribution in [0.3, 0.4) is 0 Å². The fourth-order valence-corrected chi connectivity index (χ4v) is 3.55. The molecular formula is C21H16Cl2F3N3O5. The molecule has 0 fully saturated rings. The maximum atomic E-state index is 14.1. The third kappa shape index (κ3) is 5.32. The Balaban J connectivity index is 1.93. The highest BCUT2D eigenvalue weighted by Crippen LogP contribution is 2.50. The van der Waals surface area contributed by atoms with Crippen molar-refractivity contribution in [1.29, 1.82) is 0 Å². The zero-order chi connectivity index (χ0) is 25.1. The van der Waals surface area contributed by atoms with E-state index in [0.717, 1.165) is 37.8 Å². The minimum Gasteiger partial charge on any atom is -0.437 e. The maximum absolute atomic E-state index is 14.1. The lowest BCUT2D eigenvalue weighted by Gasteiger charge is -2.37. The minimum atomic E-state index is -5.09. The molecule has 3 rings (SSSR count).